The van der Waals surface area contributed by atoms with Crippen molar-refractivity contribution < 1.29 is 29.0 Å². The second kappa shape index (κ2) is 16.3. The van der Waals surface area contributed by atoms with E-state index < -0.39 is 18.2 Å². The molecule has 62 heavy (non-hydrogen) atoms. The van der Waals surface area contributed by atoms with Crippen LogP contribution in [0.3, 0.4) is 0 Å². The molecule has 0 radical (unpaired) electrons. The molecule has 2 fully saturated rings. The Hall–Kier alpha value is -6.63. The van der Waals surface area contributed by atoms with Gasteiger partial charge in [0.2, 0.25) is 5.91 Å². The van der Waals surface area contributed by atoms with Crippen LogP contribution >= 0.6 is 0 Å². The maximum atomic E-state index is 14.2. The molecule has 0 saturated carbocycles. The lowest BCUT2D eigenvalue weighted by Gasteiger charge is -2.31. The standard InChI is InChI=1S/C49H53N7O6/c1-26(2)44(51-29(5)57)47(58)55-23-27(3)16-41(55)39-20-36-35-21-43-37(19-31(35)13-15-38(36)52-39)34-14-12-32(18-33(34)25-62-43)40-22-50-46(53-40)42-17-28(4)24-56(42)48(59)45(54-49(60)61-6)30-10-8-7-9-11-30/h7-15,18-19,21-22,26-28,41-42,44-45,51,57H,5,16-17,20,23-25H2,1-4,6H3,(H,50,53)(H,54,60)/t27-,28-,41-,42-,44-,45+/m0/s1. The van der Waals surface area contributed by atoms with Gasteiger partial charge in [0.15, 0.2) is 5.88 Å². The lowest BCUT2D eigenvalue weighted by molar-refractivity contribution is -0.135. The van der Waals surface area contributed by atoms with E-state index in [-0.39, 0.29) is 41.6 Å². The summed E-state index contributed by atoms with van der Waals surface area (Å²) in [5.74, 6) is 1.56. The van der Waals surface area contributed by atoms with Crippen molar-refractivity contribution in [3.8, 4) is 28.1 Å². The maximum Gasteiger partial charge on any atom is 0.407 e. The van der Waals surface area contributed by atoms with Crippen LogP contribution in [0.5, 0.6) is 5.75 Å². The number of aromatic nitrogens is 2. The van der Waals surface area contributed by atoms with Gasteiger partial charge >= 0.3 is 6.09 Å². The van der Waals surface area contributed by atoms with Crippen molar-refractivity contribution in [1.82, 2.24) is 30.4 Å². The van der Waals surface area contributed by atoms with Gasteiger partial charge in [0.05, 0.1) is 36.8 Å². The van der Waals surface area contributed by atoms with Gasteiger partial charge in [-0.1, -0.05) is 76.2 Å². The Kier molecular flexibility index (Phi) is 10.7. The number of carbonyl (C=O) groups is 3. The number of amides is 3. The van der Waals surface area contributed by atoms with Crippen LogP contribution in [0.1, 0.15) is 75.1 Å². The molecule has 4 aliphatic heterocycles. The Morgan fingerprint density at radius 3 is 2.39 bits per heavy atom. The quantitative estimate of drug-likeness (QED) is 0.102. The minimum Gasteiger partial charge on any atom is -0.495 e. The molecule has 0 bridgehead atoms. The smallest absolute Gasteiger partial charge is 0.407 e. The number of carbonyl (C=O) groups excluding carboxylic acids is 3. The lowest BCUT2D eigenvalue weighted by Crippen LogP contribution is -2.52. The average molecular weight is 836 g/mol. The van der Waals surface area contributed by atoms with Gasteiger partial charge in [0.25, 0.3) is 5.91 Å². The van der Waals surface area contributed by atoms with Crippen LogP contribution in [0.25, 0.3) is 33.2 Å². The zero-order valence-corrected chi connectivity index (χ0v) is 35.8. The van der Waals surface area contributed by atoms with Gasteiger partial charge in [-0.15, -0.1) is 0 Å². The normalized spacial score (nSPS) is 21.1. The number of H-pyrrole nitrogens is 1. The summed E-state index contributed by atoms with van der Waals surface area (Å²) >= 11 is 0. The average Bonchev–Trinajstić information content (AvgIpc) is 4.09. The first-order chi connectivity index (χ1) is 29.9. The van der Waals surface area contributed by atoms with E-state index in [1.54, 1.807) is 0 Å². The summed E-state index contributed by atoms with van der Waals surface area (Å²) in [6, 6.07) is 22.2. The number of aliphatic imine (C=N–C) groups is 1. The van der Waals surface area contributed by atoms with Crippen LogP contribution in [-0.4, -0.2) is 80.8 Å². The largest absolute Gasteiger partial charge is 0.495 e. The highest BCUT2D eigenvalue weighted by molar-refractivity contribution is 6.06. The van der Waals surface area contributed by atoms with Gasteiger partial charge in [-0.05, 0) is 100 Å². The molecular weight excluding hydrogens is 783 g/mol. The summed E-state index contributed by atoms with van der Waals surface area (Å²) in [6.07, 6.45) is 3.36. The summed E-state index contributed by atoms with van der Waals surface area (Å²) in [5.41, 5.74) is 8.72. The second-order valence-corrected chi connectivity index (χ2v) is 17.7. The Labute approximate surface area is 361 Å². The van der Waals surface area contributed by atoms with E-state index >= 15 is 0 Å². The van der Waals surface area contributed by atoms with Crippen LogP contribution in [0.2, 0.25) is 0 Å². The Morgan fingerprint density at radius 1 is 0.919 bits per heavy atom. The number of benzene rings is 4. The first-order valence-electron chi connectivity index (χ1n) is 21.5. The van der Waals surface area contributed by atoms with Crippen LogP contribution in [0.15, 0.2) is 96.4 Å². The molecule has 0 aliphatic carbocycles. The fourth-order valence-electron chi connectivity index (χ4n) is 9.84. The van der Waals surface area contributed by atoms with Gasteiger partial charge in [-0.25, -0.2) is 9.78 Å². The molecular formula is C49H53N7O6. The zero-order valence-electron chi connectivity index (χ0n) is 35.8. The number of alkyl carbamates (subject to hydrolysis) is 1. The van der Waals surface area contributed by atoms with Crippen molar-refractivity contribution >= 4 is 40.1 Å². The molecule has 4 aromatic carbocycles. The minimum absolute atomic E-state index is 0.0365. The van der Waals surface area contributed by atoms with Gasteiger partial charge in [-0.2, -0.15) is 0 Å². The third-order valence-electron chi connectivity index (χ3n) is 12.9. The molecule has 1 aromatic heterocycles. The van der Waals surface area contributed by atoms with Crippen LogP contribution in [-0.2, 0) is 27.4 Å². The van der Waals surface area contributed by atoms with E-state index in [9.17, 15) is 19.5 Å². The van der Waals surface area contributed by atoms with Crippen molar-refractivity contribution in [3.63, 3.8) is 0 Å². The van der Waals surface area contributed by atoms with Gasteiger partial charge in [0.1, 0.15) is 30.3 Å². The molecule has 2 saturated heterocycles. The van der Waals surface area contributed by atoms with Gasteiger partial charge in [-0.3, -0.25) is 14.6 Å². The highest BCUT2D eigenvalue weighted by Gasteiger charge is 2.42. The number of hydrogen-bond acceptors (Lipinski definition) is 9. The van der Waals surface area contributed by atoms with Crippen molar-refractivity contribution in [1.29, 1.82) is 0 Å². The number of imidazole rings is 1. The Bertz CT molecular complexity index is 2620. The van der Waals surface area contributed by atoms with Crippen LogP contribution < -0.4 is 15.4 Å². The number of rotatable bonds is 10. The molecule has 3 amide bonds. The number of fused-ring (bicyclic) bond motifs is 6. The van der Waals surface area contributed by atoms with Crippen molar-refractivity contribution in [2.24, 2.45) is 22.7 Å². The summed E-state index contributed by atoms with van der Waals surface area (Å²) < 4.78 is 11.3. The number of aliphatic hydroxyl groups is 1. The Balaban J connectivity index is 0.943. The SMILES string of the molecule is C=C(O)N[C@H](C(=O)N1C[C@@H](C)C[C@H]1C1=Nc2ccc3cc4c(cc3c2C1)OCc1cc(-c2cnc([C@@H]3C[C@H](C)CN3C(=O)[C@H](NC(=O)OC)c3ccccc3)[nH]2)ccc1-4)C(C)C. The molecule has 320 valence electrons. The van der Waals surface area contributed by atoms with E-state index in [0.29, 0.717) is 43.4 Å². The van der Waals surface area contributed by atoms with E-state index in [1.807, 2.05) is 60.2 Å². The summed E-state index contributed by atoms with van der Waals surface area (Å²) in [7, 11) is 1.29. The fraction of sp³-hybridized carbons (Fsp3) is 0.367. The number of ether oxygens (including phenoxy) is 2. The monoisotopic (exact) mass is 835 g/mol. The van der Waals surface area contributed by atoms with Gasteiger partial charge in [0, 0.05) is 30.8 Å². The maximum absolute atomic E-state index is 14.2. The number of nitrogens with one attached hydrogen (secondary N) is 3. The molecule has 4 aliphatic rings. The number of methoxy groups -OCH3 is 1. The number of aromatic amines is 1. The highest BCUT2D eigenvalue weighted by atomic mass is 16.5. The molecule has 4 N–H and O–H groups in total. The first-order valence-corrected chi connectivity index (χ1v) is 21.5. The predicted molar refractivity (Wildman–Crippen MR) is 238 cm³/mol. The number of aliphatic hydroxyl groups excluding tert-OH is 1. The molecule has 13 heteroatoms. The van der Waals surface area contributed by atoms with E-state index in [4.69, 9.17) is 19.5 Å². The minimum atomic E-state index is -0.900. The summed E-state index contributed by atoms with van der Waals surface area (Å²) in [5, 5.41) is 17.7. The molecule has 5 aromatic rings. The highest BCUT2D eigenvalue weighted by Crippen LogP contribution is 2.45. The molecule has 9 rings (SSSR count). The zero-order chi connectivity index (χ0) is 43.4. The summed E-state index contributed by atoms with van der Waals surface area (Å²) in [4.78, 5) is 57.6. The van der Waals surface area contributed by atoms with Crippen molar-refractivity contribution in [2.45, 2.75) is 77.7 Å². The number of nitrogens with zero attached hydrogens (tertiary/aromatic N) is 4. The molecule has 13 nitrogen and oxygen atoms in total. The van der Waals surface area contributed by atoms with Crippen LogP contribution in [0.4, 0.5) is 10.5 Å². The van der Waals surface area contributed by atoms with E-state index in [0.717, 1.165) is 74.3 Å². The van der Waals surface area contributed by atoms with Crippen molar-refractivity contribution in [2.75, 3.05) is 20.2 Å². The van der Waals surface area contributed by atoms with E-state index in [1.165, 1.54) is 7.11 Å². The topological polar surface area (TPSA) is 161 Å². The summed E-state index contributed by atoms with van der Waals surface area (Å²) in [6.45, 7) is 13.4. The fourth-order valence-corrected chi connectivity index (χ4v) is 9.84. The molecule has 5 heterocycles. The third-order valence-corrected chi connectivity index (χ3v) is 12.9. The number of likely N-dealkylation sites (tertiary alicyclic amines) is 2. The van der Waals surface area contributed by atoms with Crippen molar-refractivity contribution in [3.05, 3.63) is 114 Å². The molecule has 0 unspecified atom stereocenters. The van der Waals surface area contributed by atoms with E-state index in [2.05, 4.69) is 78.5 Å². The Morgan fingerprint density at radius 2 is 1.66 bits per heavy atom. The first kappa shape index (κ1) is 40.8. The lowest BCUT2D eigenvalue weighted by atomic mass is 9.90. The predicted octanol–water partition coefficient (Wildman–Crippen LogP) is 8.31. The second-order valence-electron chi connectivity index (χ2n) is 17.7. The molecule has 0 spiro atoms. The number of hydrogen-bond donors (Lipinski definition) is 4. The van der Waals surface area contributed by atoms with Gasteiger partial charge < -0.3 is 40.0 Å². The van der Waals surface area contributed by atoms with Crippen LogP contribution in [0, 0.1) is 17.8 Å². The molecule has 6 atom stereocenters. The third kappa shape index (κ3) is 7.54.